The average molecular weight is 218 g/mol. The van der Waals surface area contributed by atoms with Crippen molar-refractivity contribution < 1.29 is 14.6 Å². The third kappa shape index (κ3) is 6.13. The number of hydrogen-bond acceptors (Lipinski definition) is 3. The van der Waals surface area contributed by atoms with Gasteiger partial charge in [0.05, 0.1) is 0 Å². The van der Waals surface area contributed by atoms with E-state index in [1.54, 1.807) is 0 Å². The highest BCUT2D eigenvalue weighted by Crippen LogP contribution is 2.18. The average Bonchev–Trinajstić information content (AvgIpc) is 2.25. The van der Waals surface area contributed by atoms with Crippen molar-refractivity contribution >= 4 is 0 Å². The van der Waals surface area contributed by atoms with Crippen LogP contribution >= 0.6 is 0 Å². The summed E-state index contributed by atoms with van der Waals surface area (Å²) < 4.78 is 10.7. The Morgan fingerprint density at radius 1 is 0.933 bits per heavy atom. The highest BCUT2D eigenvalue weighted by Gasteiger charge is 2.22. The minimum atomic E-state index is -0.505. The van der Waals surface area contributed by atoms with Gasteiger partial charge in [0, 0.05) is 13.2 Å². The molecule has 1 N–H and O–H groups in total. The Hall–Kier alpha value is -0.120. The number of aliphatic hydroxyl groups excluding tert-OH is 1. The lowest BCUT2D eigenvalue weighted by molar-refractivity contribution is -0.193. The van der Waals surface area contributed by atoms with E-state index in [4.69, 9.17) is 9.47 Å². The molecule has 0 aromatic heterocycles. The van der Waals surface area contributed by atoms with Crippen molar-refractivity contribution in [2.24, 2.45) is 5.92 Å². The monoisotopic (exact) mass is 218 g/mol. The lowest BCUT2D eigenvalue weighted by atomic mass is 9.96. The van der Waals surface area contributed by atoms with Gasteiger partial charge in [-0.3, -0.25) is 0 Å². The van der Waals surface area contributed by atoms with Gasteiger partial charge in [0.15, 0.2) is 6.29 Å². The quantitative estimate of drug-likeness (QED) is 0.604. The summed E-state index contributed by atoms with van der Waals surface area (Å²) >= 11 is 0. The molecule has 1 atom stereocenters. The molecule has 0 spiro atoms. The van der Waals surface area contributed by atoms with Gasteiger partial charge < -0.3 is 14.6 Å². The molecule has 0 saturated heterocycles. The van der Waals surface area contributed by atoms with Crippen molar-refractivity contribution in [2.75, 3.05) is 13.2 Å². The van der Waals surface area contributed by atoms with Crippen LogP contribution in [0.4, 0.5) is 0 Å². The van der Waals surface area contributed by atoms with Crippen LogP contribution < -0.4 is 0 Å². The lowest BCUT2D eigenvalue weighted by Crippen LogP contribution is -2.33. The van der Waals surface area contributed by atoms with Crippen LogP contribution in [0.1, 0.15) is 47.0 Å². The predicted octanol–water partition coefficient (Wildman–Crippen LogP) is 2.57. The van der Waals surface area contributed by atoms with Crippen LogP contribution in [0.5, 0.6) is 0 Å². The third-order valence-corrected chi connectivity index (χ3v) is 2.71. The zero-order valence-corrected chi connectivity index (χ0v) is 10.5. The van der Waals surface area contributed by atoms with E-state index in [1.165, 1.54) is 0 Å². The van der Waals surface area contributed by atoms with E-state index in [9.17, 15) is 5.11 Å². The van der Waals surface area contributed by atoms with Crippen LogP contribution in [0.15, 0.2) is 0 Å². The van der Waals surface area contributed by atoms with E-state index in [-0.39, 0.29) is 0 Å². The van der Waals surface area contributed by atoms with Gasteiger partial charge in [0.2, 0.25) is 0 Å². The molecule has 0 amide bonds. The molecule has 0 rings (SSSR count). The van der Waals surface area contributed by atoms with Crippen molar-refractivity contribution in [1.29, 1.82) is 0 Å². The molecule has 92 valence electrons. The molecule has 0 aliphatic carbocycles. The van der Waals surface area contributed by atoms with Crippen LogP contribution in [0, 0.1) is 5.92 Å². The highest BCUT2D eigenvalue weighted by molar-refractivity contribution is 4.66. The molecule has 0 aromatic rings. The molecule has 3 nitrogen and oxygen atoms in total. The van der Waals surface area contributed by atoms with E-state index in [0.717, 1.165) is 19.3 Å². The molecule has 0 aliphatic rings. The molecule has 15 heavy (non-hydrogen) atoms. The minimum absolute atomic E-state index is 0.458. The Labute approximate surface area is 93.8 Å². The van der Waals surface area contributed by atoms with E-state index in [1.807, 2.05) is 13.8 Å². The van der Waals surface area contributed by atoms with Gasteiger partial charge >= 0.3 is 0 Å². The van der Waals surface area contributed by atoms with E-state index in [0.29, 0.717) is 19.1 Å². The zero-order chi connectivity index (χ0) is 11.7. The van der Waals surface area contributed by atoms with Crippen LogP contribution in [-0.4, -0.2) is 30.7 Å². The van der Waals surface area contributed by atoms with Gasteiger partial charge in [-0.2, -0.15) is 0 Å². The van der Waals surface area contributed by atoms with Crippen LogP contribution in [0.2, 0.25) is 0 Å². The standard InChI is InChI=1S/C12H26O3/c1-5-10(6-2)9-11(13)12(14-7-3)15-8-4/h10-13H,5-9H2,1-4H3. The summed E-state index contributed by atoms with van der Waals surface area (Å²) in [5.74, 6) is 0.559. The molecule has 0 bridgehead atoms. The first-order chi connectivity index (χ1) is 7.19. The van der Waals surface area contributed by atoms with Crippen molar-refractivity contribution in [3.05, 3.63) is 0 Å². The lowest BCUT2D eigenvalue weighted by Gasteiger charge is -2.25. The van der Waals surface area contributed by atoms with Crippen LogP contribution in [0.25, 0.3) is 0 Å². The van der Waals surface area contributed by atoms with Gasteiger partial charge in [-0.05, 0) is 26.2 Å². The fraction of sp³-hybridized carbons (Fsp3) is 1.00. The first kappa shape index (κ1) is 14.9. The first-order valence-electron chi connectivity index (χ1n) is 6.10. The Morgan fingerprint density at radius 2 is 1.40 bits per heavy atom. The first-order valence-corrected chi connectivity index (χ1v) is 6.10. The van der Waals surface area contributed by atoms with E-state index < -0.39 is 12.4 Å². The zero-order valence-electron chi connectivity index (χ0n) is 10.5. The molecular weight excluding hydrogens is 192 g/mol. The Kier molecular flexibility index (Phi) is 9.06. The van der Waals surface area contributed by atoms with Crippen molar-refractivity contribution in [2.45, 2.75) is 59.4 Å². The van der Waals surface area contributed by atoms with Gasteiger partial charge in [-0.1, -0.05) is 26.7 Å². The van der Waals surface area contributed by atoms with Gasteiger partial charge in [-0.15, -0.1) is 0 Å². The Balaban J connectivity index is 4.04. The molecule has 0 fully saturated rings. The predicted molar refractivity (Wildman–Crippen MR) is 61.7 cm³/mol. The second kappa shape index (κ2) is 9.13. The third-order valence-electron chi connectivity index (χ3n) is 2.71. The molecule has 0 aromatic carbocycles. The van der Waals surface area contributed by atoms with Gasteiger partial charge in [0.1, 0.15) is 6.10 Å². The maximum absolute atomic E-state index is 9.95. The van der Waals surface area contributed by atoms with Gasteiger partial charge in [0.25, 0.3) is 0 Å². The summed E-state index contributed by atoms with van der Waals surface area (Å²) in [5.41, 5.74) is 0. The highest BCUT2D eigenvalue weighted by atomic mass is 16.7. The minimum Gasteiger partial charge on any atom is -0.388 e. The molecular formula is C12H26O3. The number of aliphatic hydroxyl groups is 1. The van der Waals surface area contributed by atoms with Crippen LogP contribution in [-0.2, 0) is 9.47 Å². The second-order valence-corrected chi connectivity index (χ2v) is 3.76. The fourth-order valence-corrected chi connectivity index (χ4v) is 1.67. The smallest absolute Gasteiger partial charge is 0.183 e. The fourth-order valence-electron chi connectivity index (χ4n) is 1.67. The topological polar surface area (TPSA) is 38.7 Å². The second-order valence-electron chi connectivity index (χ2n) is 3.76. The maximum atomic E-state index is 9.95. The summed E-state index contributed by atoms with van der Waals surface area (Å²) in [6.07, 6.45) is 1.99. The number of ether oxygens (including phenoxy) is 2. The summed E-state index contributed by atoms with van der Waals surface area (Å²) in [7, 11) is 0. The summed E-state index contributed by atoms with van der Waals surface area (Å²) in [5, 5.41) is 9.95. The maximum Gasteiger partial charge on any atom is 0.183 e. The van der Waals surface area contributed by atoms with Crippen molar-refractivity contribution in [3.8, 4) is 0 Å². The SMILES string of the molecule is CCOC(OCC)C(O)CC(CC)CC. The van der Waals surface area contributed by atoms with Crippen LogP contribution in [0.3, 0.4) is 0 Å². The van der Waals surface area contributed by atoms with E-state index >= 15 is 0 Å². The number of hydrogen-bond donors (Lipinski definition) is 1. The molecule has 0 heterocycles. The molecule has 3 heteroatoms. The molecule has 0 radical (unpaired) electrons. The number of rotatable bonds is 9. The normalized spacial score (nSPS) is 13.8. The van der Waals surface area contributed by atoms with Gasteiger partial charge in [-0.25, -0.2) is 0 Å². The largest absolute Gasteiger partial charge is 0.388 e. The molecule has 0 aliphatic heterocycles. The summed E-state index contributed by atoms with van der Waals surface area (Å²) in [6.45, 7) is 9.27. The Bertz CT molecular complexity index is 129. The summed E-state index contributed by atoms with van der Waals surface area (Å²) in [4.78, 5) is 0. The summed E-state index contributed by atoms with van der Waals surface area (Å²) in [6, 6.07) is 0. The Morgan fingerprint density at radius 3 is 1.73 bits per heavy atom. The molecule has 1 unspecified atom stereocenters. The molecule has 0 saturated carbocycles. The van der Waals surface area contributed by atoms with Crippen molar-refractivity contribution in [3.63, 3.8) is 0 Å². The van der Waals surface area contributed by atoms with E-state index in [2.05, 4.69) is 13.8 Å². The van der Waals surface area contributed by atoms with Crippen molar-refractivity contribution in [1.82, 2.24) is 0 Å².